The number of carboxylic acids is 1. The van der Waals surface area contributed by atoms with Crippen LogP contribution in [0.3, 0.4) is 0 Å². The molecule has 6 N–H and O–H groups in total. The first-order valence-electron chi connectivity index (χ1n) is 13.8. The maximum atomic E-state index is 13.8. The summed E-state index contributed by atoms with van der Waals surface area (Å²) in [5, 5.41) is 59.8. The van der Waals surface area contributed by atoms with E-state index in [2.05, 4.69) is 13.8 Å². The molecular weight excluding hydrogens is 484 g/mol. The van der Waals surface area contributed by atoms with E-state index in [-0.39, 0.29) is 53.0 Å². The average molecular weight is 527 g/mol. The van der Waals surface area contributed by atoms with Gasteiger partial charge in [0.2, 0.25) is 0 Å². The summed E-state index contributed by atoms with van der Waals surface area (Å²) >= 11 is 0. The largest absolute Gasteiger partial charge is 0.479 e. The number of carboxylic acid groups (broad SMARTS) is 1. The summed E-state index contributed by atoms with van der Waals surface area (Å²) in [4.78, 5) is 25.2. The van der Waals surface area contributed by atoms with E-state index < -0.39 is 42.8 Å². The minimum Gasteiger partial charge on any atom is -0.479 e. The van der Waals surface area contributed by atoms with Gasteiger partial charge in [-0.2, -0.15) is 0 Å². The highest BCUT2D eigenvalue weighted by Gasteiger charge is 2.64. The van der Waals surface area contributed by atoms with Crippen molar-refractivity contribution in [1.29, 1.82) is 0 Å². The molecule has 1 saturated heterocycles. The Morgan fingerprint density at radius 1 is 1.05 bits per heavy atom. The molecule has 0 amide bonds. The van der Waals surface area contributed by atoms with Gasteiger partial charge in [0.15, 0.2) is 12.4 Å². The molecule has 0 aromatic carbocycles. The molecule has 5 aliphatic rings. The van der Waals surface area contributed by atoms with Crippen LogP contribution >= 0.6 is 0 Å². The Morgan fingerprint density at radius 2 is 1.78 bits per heavy atom. The van der Waals surface area contributed by atoms with Crippen molar-refractivity contribution in [2.24, 2.45) is 40.4 Å². The number of rotatable bonds is 5. The van der Waals surface area contributed by atoms with Gasteiger partial charge in [-0.1, -0.05) is 13.8 Å². The topological polar surface area (TPSA) is 174 Å². The predicted molar refractivity (Wildman–Crippen MR) is 128 cm³/mol. The van der Waals surface area contributed by atoms with Gasteiger partial charge in [-0.3, -0.25) is 4.79 Å². The Balaban J connectivity index is 1.29. The average Bonchev–Trinajstić information content (AvgIpc) is 3.19. The molecule has 5 rings (SSSR count). The number of aliphatic carboxylic acids is 1. The highest BCUT2D eigenvalue weighted by molar-refractivity contribution is 5.84. The Hall–Kier alpha value is -1.14. The number of aliphatic hydroxyl groups is 5. The first-order valence-corrected chi connectivity index (χ1v) is 13.8. The van der Waals surface area contributed by atoms with Gasteiger partial charge in [-0.05, 0) is 79.4 Å². The molecule has 5 fully saturated rings. The number of hydrogen-bond donors (Lipinski definition) is 6. The number of fused-ring (bicyclic) bond motifs is 5. The number of ether oxygens (including phenoxy) is 2. The summed E-state index contributed by atoms with van der Waals surface area (Å²) in [7, 11) is 0. The second-order valence-electron chi connectivity index (χ2n) is 12.9. The van der Waals surface area contributed by atoms with Crippen molar-refractivity contribution in [1.82, 2.24) is 0 Å². The van der Waals surface area contributed by atoms with Gasteiger partial charge < -0.3 is 40.1 Å². The van der Waals surface area contributed by atoms with E-state index in [0.29, 0.717) is 25.2 Å². The number of ketones is 1. The summed E-state index contributed by atoms with van der Waals surface area (Å²) in [5.74, 6) is -0.470. The molecule has 1 aliphatic heterocycles. The van der Waals surface area contributed by atoms with Crippen LogP contribution in [0.1, 0.15) is 65.2 Å². The lowest BCUT2D eigenvalue weighted by Crippen LogP contribution is -2.61. The smallest absolute Gasteiger partial charge is 0.335 e. The fraction of sp³-hybridized carbons (Fsp3) is 0.926. The van der Waals surface area contributed by atoms with Crippen molar-refractivity contribution in [2.75, 3.05) is 6.61 Å². The summed E-state index contributed by atoms with van der Waals surface area (Å²) in [6.07, 6.45) is -3.13. The van der Waals surface area contributed by atoms with Crippen LogP contribution in [0.25, 0.3) is 0 Å². The zero-order valence-electron chi connectivity index (χ0n) is 21.6. The maximum absolute atomic E-state index is 13.8. The fourth-order valence-electron chi connectivity index (χ4n) is 9.31. The molecule has 1 heterocycles. The number of hydrogen-bond acceptors (Lipinski definition) is 9. The van der Waals surface area contributed by atoms with Gasteiger partial charge in [0, 0.05) is 12.3 Å². The molecule has 0 aromatic rings. The lowest BCUT2D eigenvalue weighted by molar-refractivity contribution is -0.309. The third-order valence-electron chi connectivity index (χ3n) is 11.2. The third kappa shape index (κ3) is 4.27. The van der Waals surface area contributed by atoms with Crippen molar-refractivity contribution in [3.05, 3.63) is 0 Å². The number of carbonyl (C=O) groups is 2. The van der Waals surface area contributed by atoms with Crippen LogP contribution < -0.4 is 0 Å². The van der Waals surface area contributed by atoms with Crippen LogP contribution in [0.4, 0.5) is 0 Å². The van der Waals surface area contributed by atoms with E-state index in [9.17, 15) is 40.2 Å². The van der Waals surface area contributed by atoms with Crippen molar-refractivity contribution in [3.8, 4) is 0 Å². The van der Waals surface area contributed by atoms with Crippen LogP contribution in [-0.2, 0) is 19.1 Å². The molecule has 0 aromatic heterocycles. The zero-order valence-corrected chi connectivity index (χ0v) is 21.6. The molecule has 210 valence electrons. The highest BCUT2D eigenvalue weighted by Crippen LogP contribution is 2.67. The van der Waals surface area contributed by atoms with Gasteiger partial charge in [0.05, 0.1) is 18.8 Å². The van der Waals surface area contributed by atoms with Crippen LogP contribution in [0.2, 0.25) is 0 Å². The van der Waals surface area contributed by atoms with E-state index in [4.69, 9.17) is 9.47 Å². The monoisotopic (exact) mass is 526 g/mol. The quantitative estimate of drug-likeness (QED) is 0.276. The van der Waals surface area contributed by atoms with Crippen LogP contribution in [0.15, 0.2) is 0 Å². The van der Waals surface area contributed by atoms with Crippen molar-refractivity contribution in [2.45, 2.75) is 108 Å². The second kappa shape index (κ2) is 9.80. The van der Waals surface area contributed by atoms with E-state index in [1.807, 2.05) is 0 Å². The molecule has 0 bridgehead atoms. The van der Waals surface area contributed by atoms with Crippen LogP contribution in [-0.4, -0.2) is 91.9 Å². The highest BCUT2D eigenvalue weighted by atomic mass is 16.7. The molecule has 0 unspecified atom stereocenters. The summed E-state index contributed by atoms with van der Waals surface area (Å²) in [6, 6.07) is 0. The van der Waals surface area contributed by atoms with Gasteiger partial charge in [0.25, 0.3) is 0 Å². The molecule has 4 aliphatic carbocycles. The molecule has 37 heavy (non-hydrogen) atoms. The van der Waals surface area contributed by atoms with Crippen molar-refractivity contribution < 1.29 is 49.7 Å². The van der Waals surface area contributed by atoms with E-state index in [1.165, 1.54) is 0 Å². The third-order valence-corrected chi connectivity index (χ3v) is 11.2. The van der Waals surface area contributed by atoms with E-state index >= 15 is 0 Å². The fourth-order valence-corrected chi connectivity index (χ4v) is 9.31. The first-order chi connectivity index (χ1) is 17.4. The van der Waals surface area contributed by atoms with Gasteiger partial charge in [0.1, 0.15) is 24.1 Å². The summed E-state index contributed by atoms with van der Waals surface area (Å²) in [6.45, 7) is 4.07. The maximum Gasteiger partial charge on any atom is 0.335 e. The number of aliphatic hydroxyl groups excluding tert-OH is 5. The molecule has 14 atom stereocenters. The normalized spacial score (nSPS) is 52.6. The Morgan fingerprint density at radius 3 is 2.46 bits per heavy atom. The predicted octanol–water partition coefficient (Wildman–Crippen LogP) is 0.455. The number of Topliss-reactive ketones (excluding diaryl/α,β-unsaturated/α-hetero) is 1. The van der Waals surface area contributed by atoms with Gasteiger partial charge >= 0.3 is 5.97 Å². The minimum absolute atomic E-state index is 0.0554. The van der Waals surface area contributed by atoms with Gasteiger partial charge in [-0.25, -0.2) is 4.79 Å². The summed E-state index contributed by atoms with van der Waals surface area (Å²) in [5.41, 5.74) is -0.481. The molecule has 10 nitrogen and oxygen atoms in total. The lowest BCUT2D eigenvalue weighted by atomic mass is 9.44. The zero-order chi connectivity index (χ0) is 26.9. The van der Waals surface area contributed by atoms with E-state index in [0.717, 1.165) is 32.1 Å². The Bertz CT molecular complexity index is 896. The minimum atomic E-state index is -1.76. The Kier molecular flexibility index (Phi) is 7.26. The second-order valence-corrected chi connectivity index (χ2v) is 12.9. The molecule has 4 saturated carbocycles. The van der Waals surface area contributed by atoms with Crippen LogP contribution in [0.5, 0.6) is 0 Å². The number of carbonyl (C=O) groups excluding carboxylic acids is 1. The summed E-state index contributed by atoms with van der Waals surface area (Å²) < 4.78 is 11.3. The first kappa shape index (κ1) is 27.4. The van der Waals surface area contributed by atoms with Crippen molar-refractivity contribution >= 4 is 11.8 Å². The molecular formula is C27H42O10. The Labute approximate surface area is 217 Å². The van der Waals surface area contributed by atoms with Crippen LogP contribution in [0, 0.1) is 40.4 Å². The van der Waals surface area contributed by atoms with Gasteiger partial charge in [-0.15, -0.1) is 0 Å². The SMILES string of the molecule is C[C@]12CC(=O)[C@@H]3[C@H](CC[C@@H]4C[C@H](O[C@@H]5O[C@H](C(=O)O)[C@H](O)[C@H](O)[C@@H]5O)CC[C@@]43C)[C@@H]1CC[C@H]2[C@H](O)CO. The standard InChI is InChI=1S/C27H42O10/c1-26-8-7-13(36-25-22(33)20(31)21(32)23(37-25)24(34)35)9-12(26)3-4-14-15-5-6-16(18(30)11-28)27(15,2)10-17(29)19(14)26/h12-16,18-23,25,28,30-33H,3-11H2,1-2H3,(H,34,35)/t12-,13-,14-,15+,16+,18-,19+,20+,21-,22+,23+,25-,26+,27+/m1/s1. The van der Waals surface area contributed by atoms with Crippen molar-refractivity contribution in [3.63, 3.8) is 0 Å². The molecule has 0 spiro atoms. The molecule has 10 heteroatoms. The van der Waals surface area contributed by atoms with E-state index in [1.54, 1.807) is 0 Å². The molecule has 0 radical (unpaired) electrons. The lowest BCUT2D eigenvalue weighted by Gasteiger charge is -2.60.